The van der Waals surface area contributed by atoms with Crippen molar-refractivity contribution in [1.82, 2.24) is 4.90 Å². The van der Waals surface area contributed by atoms with Crippen LogP contribution in [0.4, 0.5) is 8.78 Å². The summed E-state index contributed by atoms with van der Waals surface area (Å²) >= 11 is 3.39. The molecule has 0 spiro atoms. The van der Waals surface area contributed by atoms with E-state index in [-0.39, 0.29) is 24.7 Å². The Kier molecular flexibility index (Phi) is 5.21. The molecule has 0 unspecified atom stereocenters. The summed E-state index contributed by atoms with van der Waals surface area (Å²) in [6.07, 6.45) is 3.06. The third kappa shape index (κ3) is 4.94. The van der Waals surface area contributed by atoms with Gasteiger partial charge in [-0.05, 0) is 40.4 Å². The Labute approximate surface area is 138 Å². The molecule has 2 aliphatic rings. The van der Waals surface area contributed by atoms with Crippen LogP contribution in [-0.4, -0.2) is 50.9 Å². The molecule has 0 saturated heterocycles. The zero-order chi connectivity index (χ0) is 16.5. The maximum Gasteiger partial charge on any atom is 0.248 e. The van der Waals surface area contributed by atoms with Gasteiger partial charge in [-0.3, -0.25) is 0 Å². The maximum atomic E-state index is 13.2. The van der Waals surface area contributed by atoms with Crippen LogP contribution in [-0.2, 0) is 14.6 Å². The number of likely N-dealkylation sites (N-methyl/N-ethyl adjacent to an activating group) is 1. The fourth-order valence-corrected chi connectivity index (χ4v) is 4.27. The first-order valence-electron chi connectivity index (χ1n) is 7.08. The van der Waals surface area contributed by atoms with Crippen LogP contribution in [0.15, 0.2) is 22.0 Å². The number of alkyl halides is 2. The molecular weight excluding hydrogens is 380 g/mol. The normalized spacial score (nSPS) is 23.5. The number of sulfone groups is 1. The molecule has 8 heteroatoms. The maximum absolute atomic E-state index is 13.2. The van der Waals surface area contributed by atoms with Gasteiger partial charge >= 0.3 is 0 Å². The van der Waals surface area contributed by atoms with Crippen molar-refractivity contribution in [2.45, 2.75) is 37.7 Å². The first-order chi connectivity index (χ1) is 10.1. The van der Waals surface area contributed by atoms with Crippen molar-refractivity contribution >= 4 is 25.8 Å². The van der Waals surface area contributed by atoms with Crippen molar-refractivity contribution in [2.75, 3.05) is 25.6 Å². The molecule has 0 radical (unpaired) electrons. The van der Waals surface area contributed by atoms with Crippen LogP contribution >= 0.6 is 15.9 Å². The molecule has 0 bridgehead atoms. The van der Waals surface area contributed by atoms with Gasteiger partial charge in [-0.15, -0.1) is 0 Å². The van der Waals surface area contributed by atoms with Crippen molar-refractivity contribution in [2.24, 2.45) is 0 Å². The summed E-state index contributed by atoms with van der Waals surface area (Å²) in [5, 5.41) is 0. The lowest BCUT2D eigenvalue weighted by Gasteiger charge is -2.34. The van der Waals surface area contributed by atoms with Gasteiger partial charge in [-0.2, -0.15) is 0 Å². The lowest BCUT2D eigenvalue weighted by Crippen LogP contribution is -2.34. The highest BCUT2D eigenvalue weighted by Crippen LogP contribution is 2.36. The van der Waals surface area contributed by atoms with E-state index in [1.807, 2.05) is 0 Å². The van der Waals surface area contributed by atoms with Crippen LogP contribution in [0.1, 0.15) is 25.7 Å². The van der Waals surface area contributed by atoms with Crippen LogP contribution < -0.4 is 0 Å². The quantitative estimate of drug-likeness (QED) is 0.728. The number of ether oxygens (including phenoxy) is 1. The van der Waals surface area contributed by atoms with Crippen molar-refractivity contribution in [1.29, 1.82) is 0 Å². The summed E-state index contributed by atoms with van der Waals surface area (Å²) in [6, 6.07) is 0. The van der Waals surface area contributed by atoms with Crippen molar-refractivity contribution in [3.63, 3.8) is 0 Å². The highest BCUT2D eigenvalue weighted by atomic mass is 79.9. The van der Waals surface area contributed by atoms with Crippen LogP contribution in [0, 0.1) is 0 Å². The van der Waals surface area contributed by atoms with Crippen LogP contribution in [0.5, 0.6) is 0 Å². The van der Waals surface area contributed by atoms with E-state index in [9.17, 15) is 17.2 Å². The van der Waals surface area contributed by atoms with Crippen LogP contribution in [0.2, 0.25) is 0 Å². The molecule has 0 aromatic heterocycles. The molecule has 1 aliphatic heterocycles. The molecule has 22 heavy (non-hydrogen) atoms. The molecule has 0 atom stereocenters. The Morgan fingerprint density at radius 1 is 1.41 bits per heavy atom. The predicted octanol–water partition coefficient (Wildman–Crippen LogP) is 3.06. The molecule has 0 amide bonds. The van der Waals surface area contributed by atoms with Crippen molar-refractivity contribution in [3.05, 3.63) is 22.0 Å². The molecule has 1 heterocycles. The molecule has 2 rings (SSSR count). The number of hydrogen-bond donors (Lipinski definition) is 0. The number of allylic oxidation sites excluding steroid dienone is 2. The number of nitrogens with zero attached hydrogens (tertiary/aromatic N) is 1. The largest absolute Gasteiger partial charge is 0.475 e. The Balaban J connectivity index is 2.06. The standard InChI is InChI=1S/C14H20BrF2NO3S/c1-18-8-10(9-22(2,19)20)7-12(15)13(18)21-11-3-5-14(16,17)6-4-11/h7,11H,3-6,8-9H2,1-2H3. The predicted molar refractivity (Wildman–Crippen MR) is 84.7 cm³/mol. The molecule has 0 aromatic carbocycles. The van der Waals surface area contributed by atoms with E-state index >= 15 is 0 Å². The highest BCUT2D eigenvalue weighted by Gasteiger charge is 2.36. The van der Waals surface area contributed by atoms with E-state index in [1.54, 1.807) is 18.0 Å². The summed E-state index contributed by atoms with van der Waals surface area (Å²) in [5.41, 5.74) is 0.763. The third-order valence-electron chi connectivity index (χ3n) is 3.71. The Hall–Kier alpha value is -0.630. The molecule has 126 valence electrons. The van der Waals surface area contributed by atoms with Gasteiger partial charge in [0, 0.05) is 32.7 Å². The van der Waals surface area contributed by atoms with Gasteiger partial charge in [0.1, 0.15) is 6.10 Å². The van der Waals surface area contributed by atoms with Crippen molar-refractivity contribution < 1.29 is 21.9 Å². The van der Waals surface area contributed by atoms with Gasteiger partial charge in [0.05, 0.1) is 10.2 Å². The van der Waals surface area contributed by atoms with Gasteiger partial charge in [0.2, 0.25) is 11.8 Å². The third-order valence-corrected chi connectivity index (χ3v) is 5.18. The lowest BCUT2D eigenvalue weighted by molar-refractivity contribution is -0.0758. The van der Waals surface area contributed by atoms with E-state index in [2.05, 4.69) is 15.9 Å². The average molecular weight is 400 g/mol. The molecule has 1 fully saturated rings. The topological polar surface area (TPSA) is 46.6 Å². The van der Waals surface area contributed by atoms with Gasteiger partial charge in [0.15, 0.2) is 9.84 Å². The Bertz CT molecular complexity index is 591. The SMILES string of the molecule is CN1CC(CS(C)(=O)=O)=CC(Br)=C1OC1CCC(F)(F)CC1. The van der Waals surface area contributed by atoms with Gasteiger partial charge in [-0.1, -0.05) is 0 Å². The Morgan fingerprint density at radius 2 is 2.00 bits per heavy atom. The molecular formula is C14H20BrF2NO3S. The van der Waals surface area contributed by atoms with E-state index in [1.165, 1.54) is 6.26 Å². The summed E-state index contributed by atoms with van der Waals surface area (Å²) in [7, 11) is -1.30. The minimum atomic E-state index is -3.09. The monoisotopic (exact) mass is 399 g/mol. The zero-order valence-electron chi connectivity index (χ0n) is 12.6. The summed E-state index contributed by atoms with van der Waals surface area (Å²) in [6.45, 7) is 0.445. The minimum Gasteiger partial charge on any atom is -0.475 e. The van der Waals surface area contributed by atoms with E-state index in [4.69, 9.17) is 4.74 Å². The summed E-state index contributed by atoms with van der Waals surface area (Å²) < 4.78 is 55.6. The fourth-order valence-electron chi connectivity index (χ4n) is 2.71. The second kappa shape index (κ2) is 6.47. The fraction of sp³-hybridized carbons (Fsp3) is 0.714. The van der Waals surface area contributed by atoms with Crippen LogP contribution in [0.25, 0.3) is 0 Å². The number of rotatable bonds is 4. The average Bonchev–Trinajstić information content (AvgIpc) is 2.33. The zero-order valence-corrected chi connectivity index (χ0v) is 15.0. The van der Waals surface area contributed by atoms with Gasteiger partial charge in [-0.25, -0.2) is 17.2 Å². The molecule has 1 saturated carbocycles. The van der Waals surface area contributed by atoms with Crippen molar-refractivity contribution in [3.8, 4) is 0 Å². The minimum absolute atomic E-state index is 0.00459. The summed E-state index contributed by atoms with van der Waals surface area (Å²) in [5.74, 6) is -2.01. The second-order valence-electron chi connectivity index (χ2n) is 6.05. The molecule has 1 aliphatic carbocycles. The Morgan fingerprint density at radius 3 is 2.50 bits per heavy atom. The smallest absolute Gasteiger partial charge is 0.248 e. The van der Waals surface area contributed by atoms with Crippen LogP contribution in [0.3, 0.4) is 0 Å². The van der Waals surface area contributed by atoms with E-state index in [0.29, 0.717) is 29.8 Å². The lowest BCUT2D eigenvalue weighted by atomic mass is 9.94. The van der Waals surface area contributed by atoms with E-state index < -0.39 is 15.8 Å². The van der Waals surface area contributed by atoms with Gasteiger partial charge in [0.25, 0.3) is 0 Å². The molecule has 0 N–H and O–H groups in total. The van der Waals surface area contributed by atoms with E-state index in [0.717, 1.165) is 5.57 Å². The molecule has 4 nitrogen and oxygen atoms in total. The number of halogens is 3. The molecule has 0 aromatic rings. The second-order valence-corrected chi connectivity index (χ2v) is 9.05. The first kappa shape index (κ1) is 17.7. The first-order valence-corrected chi connectivity index (χ1v) is 9.94. The number of hydrogen-bond acceptors (Lipinski definition) is 4. The highest BCUT2D eigenvalue weighted by molar-refractivity contribution is 9.11. The van der Waals surface area contributed by atoms with Gasteiger partial charge < -0.3 is 9.64 Å². The summed E-state index contributed by atoms with van der Waals surface area (Å²) in [4.78, 5) is 1.80.